The van der Waals surface area contributed by atoms with E-state index in [0.29, 0.717) is 0 Å². The van der Waals surface area contributed by atoms with Crippen molar-refractivity contribution in [2.75, 3.05) is 0 Å². The molecule has 0 atom stereocenters. The zero-order valence-corrected chi connectivity index (χ0v) is 3.30. The summed E-state index contributed by atoms with van der Waals surface area (Å²) in [7, 11) is -3.13. The largest absolute Gasteiger partial charge is 0.761 e. The van der Waals surface area contributed by atoms with Crippen LogP contribution >= 0.6 is 0 Å². The van der Waals surface area contributed by atoms with Crippen molar-refractivity contribution in [1.82, 2.24) is 0 Å². The number of hydrogen-bond acceptors (Lipinski definition) is 1. The molecule has 4 nitrogen and oxygen atoms in total. The summed E-state index contributed by atoms with van der Waals surface area (Å²) in [6.07, 6.45) is 0. The van der Waals surface area contributed by atoms with Crippen molar-refractivity contribution in [3.8, 4) is 0 Å². The van der Waals surface area contributed by atoms with E-state index in [1.165, 1.54) is 0 Å². The van der Waals surface area contributed by atoms with E-state index in [4.69, 9.17) is 14.1 Å². The van der Waals surface area contributed by atoms with Crippen molar-refractivity contribution in [3.05, 3.63) is 0 Å². The summed E-state index contributed by atoms with van der Waals surface area (Å²) in [5.41, 5.74) is 0. The standard InChI is InChI=1S/H2O3Si.H2O/c1-4(2)3;/h1-2H;1H2. The summed E-state index contributed by atoms with van der Waals surface area (Å²) in [6, 6.07) is 0. The average molecular weight is 96.1 g/mol. The summed E-state index contributed by atoms with van der Waals surface area (Å²) in [5, 5.41) is 0. The van der Waals surface area contributed by atoms with E-state index in [9.17, 15) is 0 Å². The van der Waals surface area contributed by atoms with Crippen LogP contribution in [0.25, 0.3) is 0 Å². The maximum absolute atomic E-state index is 8.74. The fraction of sp³-hybridized carbons (Fsp3) is 0. The Morgan fingerprint density at radius 2 is 1.40 bits per heavy atom. The SMILES string of the molecule is O.O=[Si](O)O. The minimum atomic E-state index is -3.13. The van der Waals surface area contributed by atoms with Gasteiger partial charge < -0.3 is 15.1 Å². The van der Waals surface area contributed by atoms with Gasteiger partial charge in [-0.05, 0) is 0 Å². The van der Waals surface area contributed by atoms with Crippen molar-refractivity contribution >= 4 is 9.17 Å². The van der Waals surface area contributed by atoms with Gasteiger partial charge in [-0.3, -0.25) is 4.46 Å². The Labute approximate surface area is 29.9 Å². The second kappa shape index (κ2) is 3.58. The number of hydrogen-bond donors (Lipinski definition) is 2. The molecule has 0 aliphatic carbocycles. The minimum Gasteiger partial charge on any atom is -0.511 e. The summed E-state index contributed by atoms with van der Waals surface area (Å²) < 4.78 is 8.74. The summed E-state index contributed by atoms with van der Waals surface area (Å²) >= 11 is 0. The molecular weight excluding hydrogens is 92.1 g/mol. The molecule has 0 bridgehead atoms. The van der Waals surface area contributed by atoms with Gasteiger partial charge in [-0.1, -0.05) is 0 Å². The second-order valence-electron chi connectivity index (χ2n) is 0.283. The molecule has 0 saturated carbocycles. The summed E-state index contributed by atoms with van der Waals surface area (Å²) in [6.45, 7) is 0. The van der Waals surface area contributed by atoms with E-state index in [2.05, 4.69) is 0 Å². The molecule has 0 heterocycles. The van der Waals surface area contributed by atoms with Crippen LogP contribution in [0.1, 0.15) is 0 Å². The lowest BCUT2D eigenvalue weighted by molar-refractivity contribution is 0.330. The molecule has 0 spiro atoms. The lowest BCUT2D eigenvalue weighted by Crippen LogP contribution is -1.90. The third-order valence-electron chi connectivity index (χ3n) is 0. The first kappa shape index (κ1) is 8.82. The van der Waals surface area contributed by atoms with E-state index >= 15 is 0 Å². The first-order chi connectivity index (χ1) is 1.73. The molecule has 5 heteroatoms. The summed E-state index contributed by atoms with van der Waals surface area (Å²) in [4.78, 5) is 14.3. The van der Waals surface area contributed by atoms with Crippen molar-refractivity contribution < 1.29 is 19.5 Å². The number of rotatable bonds is 0. The normalized spacial score (nSPS) is 4.80. The Hall–Kier alpha value is -0.423. The van der Waals surface area contributed by atoms with Gasteiger partial charge in [0.05, 0.1) is 0 Å². The first-order valence-electron chi connectivity index (χ1n) is 0.651. The highest BCUT2D eigenvalue weighted by Crippen LogP contribution is 1.27. The van der Waals surface area contributed by atoms with Crippen LogP contribution in [0.15, 0.2) is 0 Å². The Balaban J connectivity index is 0. The van der Waals surface area contributed by atoms with Crippen LogP contribution in [0.5, 0.6) is 0 Å². The van der Waals surface area contributed by atoms with Crippen molar-refractivity contribution in [2.45, 2.75) is 0 Å². The lowest BCUT2D eigenvalue weighted by atomic mass is 15.8. The Morgan fingerprint density at radius 3 is 1.40 bits per heavy atom. The van der Waals surface area contributed by atoms with Gasteiger partial charge in [-0.25, -0.2) is 0 Å². The van der Waals surface area contributed by atoms with E-state index in [0.717, 1.165) is 0 Å². The average Bonchev–Trinajstić information content (AvgIpc) is 0.811. The Morgan fingerprint density at radius 1 is 1.40 bits per heavy atom. The highest BCUT2D eigenvalue weighted by atomic mass is 28.3. The molecule has 0 aromatic carbocycles. The zero-order chi connectivity index (χ0) is 3.58. The molecule has 0 aliphatic heterocycles. The van der Waals surface area contributed by atoms with E-state index in [1.54, 1.807) is 0 Å². The van der Waals surface area contributed by atoms with E-state index in [-0.39, 0.29) is 5.48 Å². The van der Waals surface area contributed by atoms with Gasteiger partial charge in [0.1, 0.15) is 0 Å². The molecule has 0 radical (unpaired) electrons. The maximum atomic E-state index is 8.74. The van der Waals surface area contributed by atoms with Gasteiger partial charge >= 0.3 is 9.17 Å². The van der Waals surface area contributed by atoms with Gasteiger partial charge in [0.25, 0.3) is 0 Å². The van der Waals surface area contributed by atoms with Crippen molar-refractivity contribution in [3.63, 3.8) is 0 Å². The van der Waals surface area contributed by atoms with Gasteiger partial charge in [0, 0.05) is 0 Å². The van der Waals surface area contributed by atoms with Gasteiger partial charge in [-0.15, -0.1) is 0 Å². The highest BCUT2D eigenvalue weighted by Gasteiger charge is 1.85. The molecule has 0 unspecified atom stereocenters. The van der Waals surface area contributed by atoms with Crippen LogP contribution in [0.2, 0.25) is 0 Å². The summed E-state index contributed by atoms with van der Waals surface area (Å²) in [5.74, 6) is 0. The third-order valence-corrected chi connectivity index (χ3v) is 0. The molecule has 5 heavy (non-hydrogen) atoms. The van der Waals surface area contributed by atoms with Crippen molar-refractivity contribution in [2.24, 2.45) is 0 Å². The minimum absolute atomic E-state index is 0. The molecule has 0 saturated heterocycles. The quantitative estimate of drug-likeness (QED) is 0.328. The fourth-order valence-electron chi connectivity index (χ4n) is 0. The molecular formula is H4O4Si. The topological polar surface area (TPSA) is 89.0 Å². The molecule has 4 N–H and O–H groups in total. The molecule has 0 fully saturated rings. The predicted octanol–water partition coefficient (Wildman–Crippen LogP) is -2.44. The molecule has 0 aromatic rings. The molecule has 32 valence electrons. The van der Waals surface area contributed by atoms with Crippen LogP contribution in [0, 0.1) is 0 Å². The van der Waals surface area contributed by atoms with Crippen LogP contribution < -0.4 is 0 Å². The van der Waals surface area contributed by atoms with Crippen LogP contribution in [0.3, 0.4) is 0 Å². The van der Waals surface area contributed by atoms with Gasteiger partial charge in [0.2, 0.25) is 0 Å². The third kappa shape index (κ3) is 49.7. The Kier molecular flexibility index (Phi) is 6.31. The van der Waals surface area contributed by atoms with E-state index in [1.807, 2.05) is 0 Å². The predicted molar refractivity (Wildman–Crippen MR) is 14.5 cm³/mol. The highest BCUT2D eigenvalue weighted by molar-refractivity contribution is 6.22. The second-order valence-corrected chi connectivity index (χ2v) is 0.848. The molecule has 0 aromatic heterocycles. The van der Waals surface area contributed by atoms with Gasteiger partial charge in [0.15, 0.2) is 0 Å². The maximum Gasteiger partial charge on any atom is 0.761 e. The molecule has 0 rings (SSSR count). The van der Waals surface area contributed by atoms with Gasteiger partial charge in [-0.2, -0.15) is 0 Å². The van der Waals surface area contributed by atoms with Crippen LogP contribution in [-0.2, 0) is 4.46 Å². The smallest absolute Gasteiger partial charge is 0.511 e. The zero-order valence-electron chi connectivity index (χ0n) is 2.30. The first-order valence-corrected chi connectivity index (χ1v) is 1.95. The Bertz CT molecular complexity index is 26.6. The van der Waals surface area contributed by atoms with Crippen LogP contribution in [0.4, 0.5) is 0 Å². The monoisotopic (exact) mass is 96.0 g/mol. The molecule has 0 amide bonds. The fourth-order valence-corrected chi connectivity index (χ4v) is 0. The van der Waals surface area contributed by atoms with Crippen LogP contribution in [-0.4, -0.2) is 24.2 Å². The lowest BCUT2D eigenvalue weighted by Gasteiger charge is -1.55. The van der Waals surface area contributed by atoms with E-state index < -0.39 is 9.17 Å². The molecule has 0 aliphatic rings. The van der Waals surface area contributed by atoms with Crippen molar-refractivity contribution in [1.29, 1.82) is 0 Å².